The average molecular weight is 526 g/mol. The van der Waals surface area contributed by atoms with Crippen molar-refractivity contribution in [2.45, 2.75) is 68.4 Å². The number of primary amides is 1. The van der Waals surface area contributed by atoms with E-state index >= 15 is 0 Å². The Balaban J connectivity index is 0.888. The highest BCUT2D eigenvalue weighted by molar-refractivity contribution is 5.84. The monoisotopic (exact) mass is 525 g/mol. The van der Waals surface area contributed by atoms with Crippen LogP contribution in [0.5, 0.6) is 0 Å². The number of likely N-dealkylation sites (tertiary alicyclic amines) is 2. The lowest BCUT2D eigenvalue weighted by molar-refractivity contribution is -0.123. The molecule has 0 unspecified atom stereocenters. The minimum Gasteiger partial charge on any atom is -0.368 e. The summed E-state index contributed by atoms with van der Waals surface area (Å²) in [5, 5.41) is 4.67. The number of anilines is 1. The summed E-state index contributed by atoms with van der Waals surface area (Å²) in [6.07, 6.45) is 5.56. The number of urea groups is 1. The molecule has 0 radical (unpaired) electrons. The molecule has 0 bridgehead atoms. The Morgan fingerprint density at radius 3 is 2.34 bits per heavy atom. The number of hydrogen-bond acceptors (Lipinski definition) is 5. The summed E-state index contributed by atoms with van der Waals surface area (Å²) in [5.41, 5.74) is 7.50. The zero-order chi connectivity index (χ0) is 26.2. The number of carbonyl (C=O) groups excluding carboxylic acids is 2. The molecule has 7 rings (SSSR count). The van der Waals surface area contributed by atoms with Crippen molar-refractivity contribution in [3.63, 3.8) is 0 Å². The van der Waals surface area contributed by atoms with Crippen molar-refractivity contribution in [3.8, 4) is 0 Å². The number of benzene rings is 1. The lowest BCUT2D eigenvalue weighted by atomic mass is 9.61. The Kier molecular flexibility index (Phi) is 5.26. The minimum absolute atomic E-state index is 0.0874. The van der Waals surface area contributed by atoms with E-state index in [0.29, 0.717) is 25.0 Å². The van der Waals surface area contributed by atoms with Crippen LogP contribution in [-0.2, 0) is 4.79 Å². The van der Waals surface area contributed by atoms with E-state index in [9.17, 15) is 18.4 Å². The summed E-state index contributed by atoms with van der Waals surface area (Å²) in [7, 11) is 0. The summed E-state index contributed by atoms with van der Waals surface area (Å²) in [6.45, 7) is 3.07. The smallest absolute Gasteiger partial charge is 0.320 e. The van der Waals surface area contributed by atoms with Gasteiger partial charge in [-0.25, -0.2) is 23.2 Å². The van der Waals surface area contributed by atoms with Gasteiger partial charge in [0.2, 0.25) is 5.91 Å². The number of amides is 3. The lowest BCUT2D eigenvalue weighted by Gasteiger charge is -2.60. The molecule has 3 aliphatic heterocycles. The summed E-state index contributed by atoms with van der Waals surface area (Å²) in [5.74, 6) is -1.79. The highest BCUT2D eigenvalue weighted by Gasteiger charge is 2.55. The number of rotatable bonds is 5. The maximum absolute atomic E-state index is 13.8. The second-order valence-corrected chi connectivity index (χ2v) is 12.2. The topological polar surface area (TPSA) is 101 Å². The second kappa shape index (κ2) is 8.38. The SMILES string of the molecule is NC(=O)[C@H]1CC(F)(F)CCN1c1ccc(C2CN(C(=O)N3CC4(CC(n5cnc(C6CC6)n5)C4)C3)C2)cc1. The van der Waals surface area contributed by atoms with E-state index in [1.165, 1.54) is 12.8 Å². The first-order valence-electron chi connectivity index (χ1n) is 13.7. The summed E-state index contributed by atoms with van der Waals surface area (Å²) in [4.78, 5) is 34.8. The maximum atomic E-state index is 13.8. The molecule has 5 aliphatic rings. The Morgan fingerprint density at radius 2 is 1.68 bits per heavy atom. The first kappa shape index (κ1) is 23.8. The van der Waals surface area contributed by atoms with Gasteiger partial charge in [0.1, 0.15) is 12.4 Å². The third kappa shape index (κ3) is 4.10. The van der Waals surface area contributed by atoms with Crippen LogP contribution in [0.25, 0.3) is 0 Å². The number of aromatic nitrogens is 3. The summed E-state index contributed by atoms with van der Waals surface area (Å²) in [6, 6.07) is 7.19. The van der Waals surface area contributed by atoms with E-state index < -0.39 is 24.3 Å². The second-order valence-electron chi connectivity index (χ2n) is 12.2. The Labute approximate surface area is 219 Å². The molecule has 3 saturated heterocycles. The van der Waals surface area contributed by atoms with Crippen LogP contribution in [0.2, 0.25) is 0 Å². The van der Waals surface area contributed by atoms with E-state index in [2.05, 4.69) is 10.1 Å². The first-order valence-corrected chi connectivity index (χ1v) is 13.7. The van der Waals surface area contributed by atoms with Crippen molar-refractivity contribution in [3.05, 3.63) is 42.0 Å². The predicted molar refractivity (Wildman–Crippen MR) is 135 cm³/mol. The van der Waals surface area contributed by atoms with E-state index in [1.807, 2.05) is 45.1 Å². The quantitative estimate of drug-likeness (QED) is 0.647. The van der Waals surface area contributed by atoms with E-state index in [4.69, 9.17) is 5.73 Å². The van der Waals surface area contributed by atoms with Crippen molar-refractivity contribution >= 4 is 17.6 Å². The lowest BCUT2D eigenvalue weighted by Crippen LogP contribution is -2.67. The maximum Gasteiger partial charge on any atom is 0.320 e. The van der Waals surface area contributed by atoms with Crippen LogP contribution in [0.4, 0.5) is 19.3 Å². The highest BCUT2D eigenvalue weighted by atomic mass is 19.3. The molecule has 2 aromatic rings. The van der Waals surface area contributed by atoms with Crippen LogP contribution in [-0.4, -0.2) is 81.2 Å². The van der Waals surface area contributed by atoms with Gasteiger partial charge in [0.15, 0.2) is 5.82 Å². The van der Waals surface area contributed by atoms with Crippen molar-refractivity contribution in [2.24, 2.45) is 11.1 Å². The van der Waals surface area contributed by atoms with Gasteiger partial charge < -0.3 is 20.4 Å². The molecule has 5 fully saturated rings. The van der Waals surface area contributed by atoms with Crippen molar-refractivity contribution in [2.75, 3.05) is 37.6 Å². The molecule has 2 N–H and O–H groups in total. The molecule has 1 aromatic carbocycles. The molecule has 2 saturated carbocycles. The zero-order valence-corrected chi connectivity index (χ0v) is 21.3. The standard InChI is InChI=1S/C27H33F2N7O2/c28-27(29)7-8-35(22(11-27)23(30)37)20-5-3-17(4-6-20)19-12-33(13-19)25(38)34-14-26(15-34)9-21(10-26)36-16-31-24(32-36)18-1-2-18/h3-6,16,18-19,21-22H,1-2,7-15H2,(H2,30,37)/t22-/m1/s1. The van der Waals surface area contributed by atoms with E-state index in [-0.39, 0.29) is 30.3 Å². The fraction of sp³-hybridized carbons (Fsp3) is 0.630. The van der Waals surface area contributed by atoms with Gasteiger partial charge in [0.05, 0.1) is 6.04 Å². The van der Waals surface area contributed by atoms with Crippen LogP contribution in [0.15, 0.2) is 30.6 Å². The number of piperidine rings is 1. The van der Waals surface area contributed by atoms with Gasteiger partial charge in [-0.2, -0.15) is 5.10 Å². The molecule has 3 amide bonds. The van der Waals surface area contributed by atoms with Gasteiger partial charge in [0.25, 0.3) is 5.92 Å². The predicted octanol–water partition coefficient (Wildman–Crippen LogP) is 3.10. The normalized spacial score (nSPS) is 26.6. The van der Waals surface area contributed by atoms with E-state index in [1.54, 1.807) is 4.90 Å². The first-order chi connectivity index (χ1) is 18.2. The van der Waals surface area contributed by atoms with Crippen molar-refractivity contribution < 1.29 is 18.4 Å². The van der Waals surface area contributed by atoms with Gasteiger partial charge in [-0.3, -0.25) is 4.79 Å². The zero-order valence-electron chi connectivity index (χ0n) is 21.3. The number of halogens is 2. The number of nitrogens with zero attached hydrogens (tertiary/aromatic N) is 6. The molecule has 2 aliphatic carbocycles. The van der Waals surface area contributed by atoms with Crippen LogP contribution >= 0.6 is 0 Å². The van der Waals surface area contributed by atoms with Crippen molar-refractivity contribution in [1.82, 2.24) is 24.6 Å². The molecular weight excluding hydrogens is 492 g/mol. The van der Waals surface area contributed by atoms with Gasteiger partial charge in [-0.1, -0.05) is 12.1 Å². The van der Waals surface area contributed by atoms with Crippen molar-refractivity contribution in [1.29, 1.82) is 0 Å². The van der Waals surface area contributed by atoms with Gasteiger partial charge in [-0.05, 0) is 43.4 Å². The molecule has 9 nitrogen and oxygen atoms in total. The largest absolute Gasteiger partial charge is 0.368 e. The number of nitrogens with two attached hydrogens (primary N) is 1. The summed E-state index contributed by atoms with van der Waals surface area (Å²) < 4.78 is 29.7. The minimum atomic E-state index is -2.87. The van der Waals surface area contributed by atoms with Gasteiger partial charge >= 0.3 is 6.03 Å². The van der Waals surface area contributed by atoms with E-state index in [0.717, 1.165) is 43.0 Å². The van der Waals surface area contributed by atoms with Gasteiger partial charge in [0, 0.05) is 68.5 Å². The van der Waals surface area contributed by atoms with Crippen LogP contribution in [0.3, 0.4) is 0 Å². The van der Waals surface area contributed by atoms with Gasteiger partial charge in [-0.15, -0.1) is 0 Å². The Bertz CT molecular complexity index is 1240. The molecule has 202 valence electrons. The number of hydrogen-bond donors (Lipinski definition) is 1. The highest BCUT2D eigenvalue weighted by Crippen LogP contribution is 2.54. The number of alkyl halides is 2. The molecule has 4 heterocycles. The fourth-order valence-electron chi connectivity index (χ4n) is 6.76. The molecule has 1 spiro atoms. The number of carbonyl (C=O) groups is 2. The van der Waals surface area contributed by atoms with Crippen LogP contribution < -0.4 is 10.6 Å². The Morgan fingerprint density at radius 1 is 0.974 bits per heavy atom. The van der Waals surface area contributed by atoms with Crippen LogP contribution in [0.1, 0.15) is 67.8 Å². The Hall–Kier alpha value is -3.24. The molecular formula is C27H33F2N7O2. The average Bonchev–Trinajstić information content (AvgIpc) is 3.54. The molecule has 1 aromatic heterocycles. The van der Waals surface area contributed by atoms with Crippen LogP contribution in [0, 0.1) is 5.41 Å². The molecule has 38 heavy (non-hydrogen) atoms. The molecule has 11 heteroatoms. The summed E-state index contributed by atoms with van der Waals surface area (Å²) >= 11 is 0. The fourth-order valence-corrected chi connectivity index (χ4v) is 6.76. The molecule has 1 atom stereocenters. The third-order valence-corrected chi connectivity index (χ3v) is 9.27. The third-order valence-electron chi connectivity index (χ3n) is 9.27.